The van der Waals surface area contributed by atoms with Crippen LogP contribution >= 0.6 is 0 Å². The lowest BCUT2D eigenvalue weighted by Gasteiger charge is -2.26. The van der Waals surface area contributed by atoms with E-state index in [2.05, 4.69) is 31.5 Å². The molecule has 9 heteroatoms. The van der Waals surface area contributed by atoms with Crippen molar-refractivity contribution in [3.8, 4) is 11.5 Å². The average molecular weight is 425 g/mol. The molecule has 2 aromatic heterocycles. The van der Waals surface area contributed by atoms with Crippen molar-refractivity contribution in [3.05, 3.63) is 47.0 Å². The van der Waals surface area contributed by atoms with Crippen LogP contribution in [0.15, 0.2) is 29.6 Å². The van der Waals surface area contributed by atoms with Crippen LogP contribution in [0.3, 0.4) is 0 Å². The number of phenols is 2. The van der Waals surface area contributed by atoms with Gasteiger partial charge in [0.15, 0.2) is 11.5 Å². The number of hydrogen-bond donors (Lipinski definition) is 3. The van der Waals surface area contributed by atoms with Crippen molar-refractivity contribution in [1.29, 1.82) is 0 Å². The minimum Gasteiger partial charge on any atom is -0.504 e. The number of hydrogen-bond acceptors (Lipinski definition) is 8. The van der Waals surface area contributed by atoms with E-state index in [0.717, 1.165) is 68.1 Å². The third-order valence-electron chi connectivity index (χ3n) is 5.97. The topological polar surface area (TPSA) is 122 Å². The second kappa shape index (κ2) is 8.91. The molecular weight excluding hydrogens is 396 g/mol. The number of aromatic hydroxyl groups is 2. The number of morpholine rings is 1. The Morgan fingerprint density at radius 1 is 1.13 bits per heavy atom. The van der Waals surface area contributed by atoms with Crippen molar-refractivity contribution in [2.24, 2.45) is 10.9 Å². The highest BCUT2D eigenvalue weighted by atomic mass is 16.5. The van der Waals surface area contributed by atoms with E-state index in [1.807, 2.05) is 6.92 Å². The van der Waals surface area contributed by atoms with Crippen molar-refractivity contribution >= 4 is 16.7 Å². The van der Waals surface area contributed by atoms with Gasteiger partial charge in [-0.05, 0) is 44.0 Å². The first-order chi connectivity index (χ1) is 15.0. The molecule has 0 saturated carbocycles. The molecule has 4 rings (SSSR count). The standard InChI is InChI=1S/C22H28N6O3/c1-14-15(2)28(7-3-6-27-8-10-31-11-9-27)22-19(14)21(24-13-25-22)20(26-23)16-4-5-17(29)18(30)12-16/h4-5,12-13,29-30H,3,6-11,23H2,1-2H3. The third-order valence-corrected chi connectivity index (χ3v) is 5.97. The molecule has 0 atom stereocenters. The van der Waals surface area contributed by atoms with E-state index >= 15 is 0 Å². The highest BCUT2D eigenvalue weighted by molar-refractivity contribution is 6.18. The molecule has 1 fully saturated rings. The van der Waals surface area contributed by atoms with Gasteiger partial charge in [-0.2, -0.15) is 5.10 Å². The van der Waals surface area contributed by atoms with E-state index in [4.69, 9.17) is 10.6 Å². The Labute approximate surface area is 180 Å². The Kier molecular flexibility index (Phi) is 6.06. The molecule has 1 aliphatic heterocycles. The maximum Gasteiger partial charge on any atom is 0.158 e. The smallest absolute Gasteiger partial charge is 0.158 e. The lowest BCUT2D eigenvalue weighted by molar-refractivity contribution is 0.0369. The quantitative estimate of drug-likeness (QED) is 0.239. The number of benzene rings is 1. The van der Waals surface area contributed by atoms with Crippen LogP contribution in [0.5, 0.6) is 11.5 Å². The second-order valence-corrected chi connectivity index (χ2v) is 7.77. The lowest BCUT2D eigenvalue weighted by Crippen LogP contribution is -2.37. The first-order valence-electron chi connectivity index (χ1n) is 10.4. The maximum absolute atomic E-state index is 9.92. The second-order valence-electron chi connectivity index (χ2n) is 7.77. The first kappa shape index (κ1) is 21.1. The largest absolute Gasteiger partial charge is 0.504 e. The summed E-state index contributed by atoms with van der Waals surface area (Å²) in [4.78, 5) is 11.5. The average Bonchev–Trinajstić information content (AvgIpc) is 3.03. The fourth-order valence-electron chi connectivity index (χ4n) is 4.14. The molecular formula is C22H28N6O3. The van der Waals surface area contributed by atoms with E-state index in [-0.39, 0.29) is 11.5 Å². The highest BCUT2D eigenvalue weighted by Gasteiger charge is 2.21. The number of nitrogens with two attached hydrogens (primary N) is 1. The molecule has 0 unspecified atom stereocenters. The number of rotatable bonds is 6. The van der Waals surface area contributed by atoms with Gasteiger partial charge in [-0.1, -0.05) is 0 Å². The van der Waals surface area contributed by atoms with E-state index < -0.39 is 0 Å². The van der Waals surface area contributed by atoms with E-state index in [1.54, 1.807) is 6.07 Å². The highest BCUT2D eigenvalue weighted by Crippen LogP contribution is 2.30. The first-order valence-corrected chi connectivity index (χ1v) is 10.4. The van der Waals surface area contributed by atoms with Crippen LogP contribution in [-0.2, 0) is 11.3 Å². The van der Waals surface area contributed by atoms with Crippen LogP contribution in [0.4, 0.5) is 0 Å². The Morgan fingerprint density at radius 3 is 2.61 bits per heavy atom. The monoisotopic (exact) mass is 424 g/mol. The van der Waals surface area contributed by atoms with Gasteiger partial charge in [-0.25, -0.2) is 9.97 Å². The number of nitrogens with zero attached hydrogens (tertiary/aromatic N) is 5. The van der Waals surface area contributed by atoms with E-state index in [0.29, 0.717) is 17.0 Å². The van der Waals surface area contributed by atoms with E-state index in [9.17, 15) is 10.2 Å². The third kappa shape index (κ3) is 4.06. The normalized spacial score (nSPS) is 15.6. The van der Waals surface area contributed by atoms with Gasteiger partial charge in [-0.15, -0.1) is 0 Å². The molecule has 0 radical (unpaired) electrons. The predicted octanol–water partition coefficient (Wildman–Crippen LogP) is 1.89. The van der Waals surface area contributed by atoms with Gasteiger partial charge in [-0.3, -0.25) is 4.90 Å². The van der Waals surface area contributed by atoms with Crippen molar-refractivity contribution in [2.45, 2.75) is 26.8 Å². The van der Waals surface area contributed by atoms with Crippen LogP contribution in [-0.4, -0.2) is 68.2 Å². The Balaban J connectivity index is 1.67. The van der Waals surface area contributed by atoms with Crippen molar-refractivity contribution in [3.63, 3.8) is 0 Å². The number of aromatic nitrogens is 3. The summed E-state index contributed by atoms with van der Waals surface area (Å²) in [5.74, 6) is 5.29. The summed E-state index contributed by atoms with van der Waals surface area (Å²) in [5, 5.41) is 24.4. The summed E-state index contributed by atoms with van der Waals surface area (Å²) in [6.45, 7) is 9.55. The molecule has 0 amide bonds. The predicted molar refractivity (Wildman–Crippen MR) is 118 cm³/mol. The number of ether oxygens (including phenoxy) is 1. The molecule has 1 aliphatic rings. The number of aryl methyl sites for hydroxylation is 2. The van der Waals surface area contributed by atoms with Crippen LogP contribution in [0.1, 0.15) is 28.9 Å². The van der Waals surface area contributed by atoms with Gasteiger partial charge in [0.05, 0.1) is 18.6 Å². The molecule has 0 bridgehead atoms. The maximum atomic E-state index is 9.92. The lowest BCUT2D eigenvalue weighted by atomic mass is 10.0. The number of hydrazone groups is 1. The zero-order chi connectivity index (χ0) is 22.0. The Morgan fingerprint density at radius 2 is 1.90 bits per heavy atom. The molecule has 31 heavy (non-hydrogen) atoms. The van der Waals surface area contributed by atoms with Crippen LogP contribution < -0.4 is 5.84 Å². The molecule has 0 aliphatic carbocycles. The van der Waals surface area contributed by atoms with Gasteiger partial charge in [0, 0.05) is 37.4 Å². The van der Waals surface area contributed by atoms with Crippen molar-refractivity contribution < 1.29 is 14.9 Å². The molecule has 9 nitrogen and oxygen atoms in total. The molecule has 0 spiro atoms. The van der Waals surface area contributed by atoms with Crippen molar-refractivity contribution in [1.82, 2.24) is 19.4 Å². The van der Waals surface area contributed by atoms with Crippen LogP contribution in [0.2, 0.25) is 0 Å². The van der Waals surface area contributed by atoms with Gasteiger partial charge in [0.1, 0.15) is 23.4 Å². The Hall–Kier alpha value is -3.17. The van der Waals surface area contributed by atoms with Gasteiger partial charge < -0.3 is 25.4 Å². The van der Waals surface area contributed by atoms with Crippen LogP contribution in [0.25, 0.3) is 11.0 Å². The molecule has 1 aromatic carbocycles. The van der Waals surface area contributed by atoms with Gasteiger partial charge in [0.2, 0.25) is 0 Å². The summed E-state index contributed by atoms with van der Waals surface area (Å²) in [5.41, 5.74) is 4.63. The zero-order valence-electron chi connectivity index (χ0n) is 17.9. The zero-order valence-corrected chi connectivity index (χ0v) is 17.9. The van der Waals surface area contributed by atoms with Gasteiger partial charge in [0.25, 0.3) is 0 Å². The minimum atomic E-state index is -0.238. The summed E-state index contributed by atoms with van der Waals surface area (Å²) in [6, 6.07) is 4.48. The SMILES string of the molecule is Cc1c(C)n(CCCN2CCOCC2)c2ncnc(C(=NN)c3ccc(O)c(O)c3)c12. The summed E-state index contributed by atoms with van der Waals surface area (Å²) < 4.78 is 7.65. The fourth-order valence-corrected chi connectivity index (χ4v) is 4.14. The Bertz CT molecular complexity index is 1120. The van der Waals surface area contributed by atoms with Gasteiger partial charge >= 0.3 is 0 Å². The van der Waals surface area contributed by atoms with Crippen LogP contribution in [0, 0.1) is 13.8 Å². The summed E-state index contributed by atoms with van der Waals surface area (Å²) in [7, 11) is 0. The number of fused-ring (bicyclic) bond motifs is 1. The van der Waals surface area contributed by atoms with E-state index in [1.165, 1.54) is 18.5 Å². The molecule has 3 heterocycles. The minimum absolute atomic E-state index is 0.202. The van der Waals surface area contributed by atoms with Crippen molar-refractivity contribution in [2.75, 3.05) is 32.8 Å². The summed E-state index contributed by atoms with van der Waals surface area (Å²) in [6.07, 6.45) is 2.52. The molecule has 4 N–H and O–H groups in total. The molecule has 1 saturated heterocycles. The molecule has 164 valence electrons. The number of phenolic OH excluding ortho intramolecular Hbond substituents is 2. The summed E-state index contributed by atoms with van der Waals surface area (Å²) >= 11 is 0. The molecule has 3 aromatic rings. The fraction of sp³-hybridized carbons (Fsp3) is 0.409.